The Morgan fingerprint density at radius 2 is 2.12 bits per heavy atom. The Labute approximate surface area is 147 Å². The second-order valence-electron chi connectivity index (χ2n) is 8.42. The Kier molecular flexibility index (Phi) is 3.41. The van der Waals surface area contributed by atoms with Gasteiger partial charge in [-0.2, -0.15) is 0 Å². The molecule has 0 aliphatic heterocycles. The van der Waals surface area contributed by atoms with Gasteiger partial charge in [0.25, 0.3) is 11.6 Å². The fraction of sp³-hybridized carbons (Fsp3) is 0.650. The first-order valence-electron chi connectivity index (χ1n) is 9.68. The summed E-state index contributed by atoms with van der Waals surface area (Å²) in [5.41, 5.74) is 2.89. The molecule has 2 heterocycles. The minimum atomic E-state index is -0.00382. The molecule has 3 saturated carbocycles. The van der Waals surface area contributed by atoms with E-state index in [1.165, 1.54) is 25.7 Å². The second-order valence-corrected chi connectivity index (χ2v) is 8.42. The van der Waals surface area contributed by atoms with Gasteiger partial charge in [-0.1, -0.05) is 11.6 Å². The van der Waals surface area contributed by atoms with Crippen LogP contribution in [0.1, 0.15) is 73.1 Å². The summed E-state index contributed by atoms with van der Waals surface area (Å²) < 4.78 is 5.36. The molecule has 3 fully saturated rings. The summed E-state index contributed by atoms with van der Waals surface area (Å²) in [6, 6.07) is 2.18. The van der Waals surface area contributed by atoms with Gasteiger partial charge in [-0.05, 0) is 69.8 Å². The van der Waals surface area contributed by atoms with E-state index >= 15 is 0 Å². The molecular formula is C20H25N3O2. The highest BCUT2D eigenvalue weighted by Gasteiger charge is 2.42. The molecule has 1 amide bonds. The van der Waals surface area contributed by atoms with Gasteiger partial charge in [-0.25, -0.2) is 4.98 Å². The number of nitrogens with one attached hydrogen (secondary N) is 1. The molecule has 4 atom stereocenters. The van der Waals surface area contributed by atoms with Crippen LogP contribution in [0.5, 0.6) is 0 Å². The van der Waals surface area contributed by atoms with Crippen molar-refractivity contribution in [3.8, 4) is 0 Å². The van der Waals surface area contributed by atoms with Crippen LogP contribution in [-0.4, -0.2) is 22.1 Å². The molecule has 2 aromatic rings. The molecular weight excluding hydrogens is 314 g/mol. The Morgan fingerprint density at radius 3 is 2.80 bits per heavy atom. The zero-order valence-electron chi connectivity index (χ0n) is 14.9. The number of pyridine rings is 1. The van der Waals surface area contributed by atoms with E-state index in [0.29, 0.717) is 23.1 Å². The molecule has 0 saturated heterocycles. The van der Waals surface area contributed by atoms with Crippen molar-refractivity contribution in [3.05, 3.63) is 23.0 Å². The van der Waals surface area contributed by atoms with Crippen LogP contribution in [-0.2, 0) is 0 Å². The molecule has 5 heteroatoms. The minimum absolute atomic E-state index is 0.00382. The maximum atomic E-state index is 13.1. The van der Waals surface area contributed by atoms with Crippen molar-refractivity contribution in [3.63, 3.8) is 0 Å². The van der Waals surface area contributed by atoms with Gasteiger partial charge in [-0.15, -0.1) is 0 Å². The number of rotatable bonds is 4. The Morgan fingerprint density at radius 1 is 1.28 bits per heavy atom. The number of aromatic nitrogens is 2. The highest BCUT2D eigenvalue weighted by Crippen LogP contribution is 2.49. The van der Waals surface area contributed by atoms with Gasteiger partial charge in [0, 0.05) is 17.7 Å². The number of nitrogens with zero attached hydrogens (tertiary/aromatic N) is 2. The fourth-order valence-corrected chi connectivity index (χ4v) is 5.18. The fourth-order valence-electron chi connectivity index (χ4n) is 5.18. The van der Waals surface area contributed by atoms with Crippen molar-refractivity contribution >= 4 is 17.0 Å². The van der Waals surface area contributed by atoms with E-state index in [1.54, 1.807) is 0 Å². The van der Waals surface area contributed by atoms with Gasteiger partial charge >= 0.3 is 0 Å². The lowest BCUT2D eigenvalue weighted by atomic mass is 9.84. The van der Waals surface area contributed by atoms with Crippen LogP contribution >= 0.6 is 0 Å². The van der Waals surface area contributed by atoms with E-state index in [1.807, 2.05) is 13.0 Å². The average Bonchev–Trinajstić information content (AvgIpc) is 3.06. The van der Waals surface area contributed by atoms with E-state index in [-0.39, 0.29) is 11.9 Å². The third-order valence-corrected chi connectivity index (χ3v) is 6.67. The molecule has 0 aromatic carbocycles. The number of hydrogen-bond donors (Lipinski definition) is 1. The first-order chi connectivity index (χ1) is 12.1. The van der Waals surface area contributed by atoms with Crippen LogP contribution in [0.15, 0.2) is 10.6 Å². The maximum Gasteiger partial charge on any atom is 0.259 e. The molecule has 3 aliphatic carbocycles. The molecule has 5 rings (SSSR count). The van der Waals surface area contributed by atoms with Gasteiger partial charge in [0.2, 0.25) is 0 Å². The first-order valence-corrected chi connectivity index (χ1v) is 9.68. The Bertz CT molecular complexity index is 839. The lowest BCUT2D eigenvalue weighted by Gasteiger charge is -2.28. The van der Waals surface area contributed by atoms with Crippen LogP contribution in [0.2, 0.25) is 0 Å². The van der Waals surface area contributed by atoms with Crippen molar-refractivity contribution in [1.82, 2.24) is 15.5 Å². The summed E-state index contributed by atoms with van der Waals surface area (Å²) in [6.07, 6.45) is 7.66. The van der Waals surface area contributed by atoms with Crippen LogP contribution in [0.25, 0.3) is 11.1 Å². The summed E-state index contributed by atoms with van der Waals surface area (Å²) in [5, 5.41) is 8.08. The quantitative estimate of drug-likeness (QED) is 0.915. The maximum absolute atomic E-state index is 13.1. The largest absolute Gasteiger partial charge is 0.349 e. The van der Waals surface area contributed by atoms with Gasteiger partial charge in [0.05, 0.1) is 16.6 Å². The van der Waals surface area contributed by atoms with E-state index in [0.717, 1.165) is 41.5 Å². The molecule has 132 valence electrons. The van der Waals surface area contributed by atoms with Crippen molar-refractivity contribution in [1.29, 1.82) is 0 Å². The van der Waals surface area contributed by atoms with E-state index in [2.05, 4.69) is 22.4 Å². The zero-order valence-corrected chi connectivity index (χ0v) is 14.9. The number of carbonyl (C=O) groups excluding carboxylic acids is 1. The number of amides is 1. The van der Waals surface area contributed by atoms with E-state index in [9.17, 15) is 4.79 Å². The predicted molar refractivity (Wildman–Crippen MR) is 94.4 cm³/mol. The predicted octanol–water partition coefficient (Wildman–Crippen LogP) is 3.96. The topological polar surface area (TPSA) is 68.0 Å². The standard InChI is InChI=1S/C20H25N3O2/c1-10(15-8-12-3-4-14(15)7-12)21-19(24)16-9-17(13-5-6-13)22-20-18(16)11(2)23-25-20/h9-10,12-15H,3-8H2,1-2H3,(H,21,24)/t10-,12-,14-,15+/m1/s1. The minimum Gasteiger partial charge on any atom is -0.349 e. The lowest BCUT2D eigenvalue weighted by Crippen LogP contribution is -2.40. The molecule has 25 heavy (non-hydrogen) atoms. The van der Waals surface area contributed by atoms with Crippen LogP contribution in [0.3, 0.4) is 0 Å². The monoisotopic (exact) mass is 339 g/mol. The molecule has 3 aliphatic rings. The van der Waals surface area contributed by atoms with Crippen LogP contribution < -0.4 is 5.32 Å². The zero-order chi connectivity index (χ0) is 17.1. The number of carbonyl (C=O) groups is 1. The molecule has 1 N–H and O–H groups in total. The van der Waals surface area contributed by atoms with Crippen molar-refractivity contribution in [2.75, 3.05) is 0 Å². The highest BCUT2D eigenvalue weighted by molar-refractivity contribution is 6.06. The number of fused-ring (bicyclic) bond motifs is 3. The normalized spacial score (nSPS) is 29.3. The average molecular weight is 339 g/mol. The Balaban J connectivity index is 1.43. The third-order valence-electron chi connectivity index (χ3n) is 6.67. The van der Waals surface area contributed by atoms with Gasteiger partial charge in [-0.3, -0.25) is 4.79 Å². The van der Waals surface area contributed by atoms with E-state index in [4.69, 9.17) is 4.52 Å². The molecule has 2 aromatic heterocycles. The van der Waals surface area contributed by atoms with Gasteiger partial charge in [0.1, 0.15) is 0 Å². The van der Waals surface area contributed by atoms with Gasteiger partial charge < -0.3 is 9.84 Å². The van der Waals surface area contributed by atoms with Crippen molar-refractivity contribution in [2.24, 2.45) is 17.8 Å². The highest BCUT2D eigenvalue weighted by atomic mass is 16.5. The Hall–Kier alpha value is -1.91. The molecule has 0 spiro atoms. The molecule has 0 unspecified atom stereocenters. The van der Waals surface area contributed by atoms with E-state index < -0.39 is 0 Å². The molecule has 0 radical (unpaired) electrons. The summed E-state index contributed by atoms with van der Waals surface area (Å²) in [5.74, 6) is 2.80. The second kappa shape index (κ2) is 5.55. The summed E-state index contributed by atoms with van der Waals surface area (Å²) >= 11 is 0. The smallest absolute Gasteiger partial charge is 0.259 e. The SMILES string of the molecule is Cc1noc2nc(C3CC3)cc(C(=O)N[C@H](C)[C@@H]3C[C@@H]4CC[C@@H]3C4)c12. The lowest BCUT2D eigenvalue weighted by molar-refractivity contribution is 0.0916. The van der Waals surface area contributed by atoms with Crippen molar-refractivity contribution < 1.29 is 9.32 Å². The summed E-state index contributed by atoms with van der Waals surface area (Å²) in [7, 11) is 0. The number of aryl methyl sites for hydroxylation is 1. The third kappa shape index (κ3) is 2.55. The molecule has 2 bridgehead atoms. The first kappa shape index (κ1) is 15.4. The molecule has 5 nitrogen and oxygen atoms in total. The summed E-state index contributed by atoms with van der Waals surface area (Å²) in [6.45, 7) is 4.05. The summed E-state index contributed by atoms with van der Waals surface area (Å²) in [4.78, 5) is 17.6. The number of hydrogen-bond acceptors (Lipinski definition) is 4. The van der Waals surface area contributed by atoms with Crippen LogP contribution in [0.4, 0.5) is 0 Å². The van der Waals surface area contributed by atoms with Crippen molar-refractivity contribution in [2.45, 2.75) is 64.3 Å². The van der Waals surface area contributed by atoms with Crippen LogP contribution in [0, 0.1) is 24.7 Å². The van der Waals surface area contributed by atoms with Gasteiger partial charge in [0.15, 0.2) is 0 Å².